The van der Waals surface area contributed by atoms with Gasteiger partial charge in [-0.25, -0.2) is 0 Å². The molecule has 6 nitrogen and oxygen atoms in total. The molecule has 0 saturated carbocycles. The lowest BCUT2D eigenvalue weighted by atomic mass is 10.2. The zero-order valence-corrected chi connectivity index (χ0v) is 13.7. The summed E-state index contributed by atoms with van der Waals surface area (Å²) in [7, 11) is 0. The topological polar surface area (TPSA) is 81.0 Å². The van der Waals surface area contributed by atoms with Crippen molar-refractivity contribution in [2.75, 3.05) is 6.61 Å². The van der Waals surface area contributed by atoms with E-state index in [4.69, 9.17) is 4.74 Å². The third kappa shape index (κ3) is 3.98. The third-order valence-electron chi connectivity index (χ3n) is 3.56. The van der Waals surface area contributed by atoms with Crippen LogP contribution in [0.2, 0.25) is 0 Å². The monoisotopic (exact) mass is 334 g/mol. The molecule has 0 aliphatic heterocycles. The first kappa shape index (κ1) is 16.6. The van der Waals surface area contributed by atoms with Crippen LogP contribution in [0.4, 0.5) is 0 Å². The molecule has 1 aromatic heterocycles. The van der Waals surface area contributed by atoms with Crippen LogP contribution in [-0.2, 0) is 0 Å². The summed E-state index contributed by atoms with van der Waals surface area (Å²) in [6, 6.07) is 14.3. The number of phenols is 1. The van der Waals surface area contributed by atoms with Crippen molar-refractivity contribution in [1.82, 2.24) is 20.4 Å². The predicted octanol–water partition coefficient (Wildman–Crippen LogP) is 3.65. The van der Waals surface area contributed by atoms with Crippen molar-refractivity contribution >= 4 is 0 Å². The van der Waals surface area contributed by atoms with Gasteiger partial charge >= 0.3 is 0 Å². The number of allylic oxidation sites excluding steroid dienone is 1. The average molecular weight is 334 g/mol. The SMILES string of the molecule is C=CCCCOc1ccccc1-c1nnc(-c2ccccc2O)nn1. The minimum Gasteiger partial charge on any atom is -0.507 e. The number of hydrogen-bond acceptors (Lipinski definition) is 6. The van der Waals surface area contributed by atoms with Gasteiger partial charge in [0.15, 0.2) is 0 Å². The van der Waals surface area contributed by atoms with Gasteiger partial charge < -0.3 is 9.84 Å². The predicted molar refractivity (Wildman–Crippen MR) is 95.1 cm³/mol. The summed E-state index contributed by atoms with van der Waals surface area (Å²) in [4.78, 5) is 0. The Morgan fingerprint density at radius 2 is 1.48 bits per heavy atom. The highest BCUT2D eigenvalue weighted by molar-refractivity contribution is 5.65. The molecule has 0 saturated heterocycles. The summed E-state index contributed by atoms with van der Waals surface area (Å²) in [6.07, 6.45) is 3.66. The number of aromatic hydroxyl groups is 1. The largest absolute Gasteiger partial charge is 0.507 e. The number of phenolic OH excluding ortho intramolecular Hbond substituents is 1. The van der Waals surface area contributed by atoms with Crippen molar-refractivity contribution in [2.45, 2.75) is 12.8 Å². The molecule has 126 valence electrons. The zero-order chi connectivity index (χ0) is 17.5. The number of aromatic nitrogens is 4. The summed E-state index contributed by atoms with van der Waals surface area (Å²) in [6.45, 7) is 4.28. The fourth-order valence-electron chi connectivity index (χ4n) is 2.29. The average Bonchev–Trinajstić information content (AvgIpc) is 2.66. The summed E-state index contributed by atoms with van der Waals surface area (Å²) < 4.78 is 5.80. The summed E-state index contributed by atoms with van der Waals surface area (Å²) in [5.74, 6) is 1.42. The molecule has 0 bridgehead atoms. The van der Waals surface area contributed by atoms with Crippen LogP contribution in [0.3, 0.4) is 0 Å². The van der Waals surface area contributed by atoms with Crippen LogP contribution in [0, 0.1) is 0 Å². The number of rotatable bonds is 7. The van der Waals surface area contributed by atoms with Crippen molar-refractivity contribution in [3.63, 3.8) is 0 Å². The first-order valence-corrected chi connectivity index (χ1v) is 7.98. The first-order valence-electron chi connectivity index (χ1n) is 7.98. The molecule has 0 spiro atoms. The molecule has 25 heavy (non-hydrogen) atoms. The lowest BCUT2D eigenvalue weighted by Crippen LogP contribution is -2.02. The Morgan fingerprint density at radius 3 is 2.16 bits per heavy atom. The van der Waals surface area contributed by atoms with Crippen molar-refractivity contribution in [3.8, 4) is 34.3 Å². The Hall–Kier alpha value is -3.28. The Balaban J connectivity index is 1.83. The summed E-state index contributed by atoms with van der Waals surface area (Å²) in [5, 5.41) is 26.3. The van der Waals surface area contributed by atoms with Gasteiger partial charge in [-0.1, -0.05) is 30.3 Å². The van der Waals surface area contributed by atoms with Gasteiger partial charge in [-0.15, -0.1) is 27.0 Å². The highest BCUT2D eigenvalue weighted by Crippen LogP contribution is 2.28. The number of ether oxygens (including phenoxy) is 1. The lowest BCUT2D eigenvalue weighted by molar-refractivity contribution is 0.313. The van der Waals surface area contributed by atoms with Crippen LogP contribution in [0.15, 0.2) is 61.2 Å². The van der Waals surface area contributed by atoms with Crippen LogP contribution in [0.1, 0.15) is 12.8 Å². The van der Waals surface area contributed by atoms with Gasteiger partial charge in [0.25, 0.3) is 0 Å². The molecule has 0 atom stereocenters. The minimum atomic E-state index is 0.0878. The Kier molecular flexibility index (Phi) is 5.31. The maximum atomic E-state index is 9.87. The van der Waals surface area contributed by atoms with E-state index < -0.39 is 0 Å². The van der Waals surface area contributed by atoms with E-state index in [0.29, 0.717) is 23.7 Å². The summed E-state index contributed by atoms with van der Waals surface area (Å²) in [5.41, 5.74) is 1.22. The van der Waals surface area contributed by atoms with E-state index in [2.05, 4.69) is 27.0 Å². The van der Waals surface area contributed by atoms with Gasteiger partial charge in [-0.2, -0.15) is 0 Å². The first-order chi connectivity index (χ1) is 12.3. The lowest BCUT2D eigenvalue weighted by Gasteiger charge is -2.09. The van der Waals surface area contributed by atoms with Gasteiger partial charge in [-0.05, 0) is 37.1 Å². The van der Waals surface area contributed by atoms with Crippen LogP contribution in [0.5, 0.6) is 11.5 Å². The molecule has 6 heteroatoms. The normalized spacial score (nSPS) is 10.4. The minimum absolute atomic E-state index is 0.0878. The van der Waals surface area contributed by atoms with E-state index in [1.165, 1.54) is 0 Å². The van der Waals surface area contributed by atoms with Gasteiger partial charge in [0, 0.05) is 0 Å². The van der Waals surface area contributed by atoms with Crippen LogP contribution in [-0.4, -0.2) is 32.1 Å². The standard InChI is InChI=1S/C19H18N4O2/c1-2-3-8-13-25-17-12-7-5-10-15(17)19-22-20-18(21-23-19)14-9-4-6-11-16(14)24/h2,4-7,9-12,24H,1,3,8,13H2. The Labute approximate surface area is 145 Å². The number of para-hydroxylation sites is 2. The zero-order valence-electron chi connectivity index (χ0n) is 13.7. The van der Waals surface area contributed by atoms with Crippen molar-refractivity contribution in [2.24, 2.45) is 0 Å². The molecule has 2 aromatic carbocycles. The van der Waals surface area contributed by atoms with Gasteiger partial charge in [0.2, 0.25) is 11.6 Å². The molecule has 0 aliphatic rings. The van der Waals surface area contributed by atoms with E-state index in [1.807, 2.05) is 30.3 Å². The molecule has 3 aromatic rings. The smallest absolute Gasteiger partial charge is 0.207 e. The number of nitrogens with zero attached hydrogens (tertiary/aromatic N) is 4. The van der Waals surface area contributed by atoms with E-state index in [9.17, 15) is 5.11 Å². The second-order valence-electron chi connectivity index (χ2n) is 5.34. The highest BCUT2D eigenvalue weighted by atomic mass is 16.5. The maximum Gasteiger partial charge on any atom is 0.207 e. The van der Waals surface area contributed by atoms with Gasteiger partial charge in [-0.3, -0.25) is 0 Å². The number of benzene rings is 2. The molecular formula is C19H18N4O2. The number of unbranched alkanes of at least 4 members (excludes halogenated alkanes) is 1. The second-order valence-corrected chi connectivity index (χ2v) is 5.34. The molecule has 0 amide bonds. The Morgan fingerprint density at radius 1 is 0.880 bits per heavy atom. The number of hydrogen-bond donors (Lipinski definition) is 1. The quantitative estimate of drug-likeness (QED) is 0.525. The van der Waals surface area contributed by atoms with E-state index >= 15 is 0 Å². The molecule has 0 aliphatic carbocycles. The summed E-state index contributed by atoms with van der Waals surface area (Å²) >= 11 is 0. The molecule has 0 fully saturated rings. The van der Waals surface area contributed by atoms with Crippen LogP contribution < -0.4 is 4.74 Å². The van der Waals surface area contributed by atoms with Crippen LogP contribution in [0.25, 0.3) is 22.8 Å². The van der Waals surface area contributed by atoms with E-state index in [-0.39, 0.29) is 11.6 Å². The van der Waals surface area contributed by atoms with Crippen LogP contribution >= 0.6 is 0 Å². The molecule has 1 heterocycles. The molecule has 3 rings (SSSR count). The van der Waals surface area contributed by atoms with Gasteiger partial charge in [0.1, 0.15) is 11.5 Å². The fraction of sp³-hybridized carbons (Fsp3) is 0.158. The Bertz CT molecular complexity index is 850. The molecule has 1 N–H and O–H groups in total. The highest BCUT2D eigenvalue weighted by Gasteiger charge is 2.12. The molecule has 0 unspecified atom stereocenters. The fourth-order valence-corrected chi connectivity index (χ4v) is 2.29. The van der Waals surface area contributed by atoms with E-state index in [0.717, 1.165) is 18.4 Å². The van der Waals surface area contributed by atoms with E-state index in [1.54, 1.807) is 24.3 Å². The third-order valence-corrected chi connectivity index (χ3v) is 3.56. The second kappa shape index (κ2) is 8.01. The van der Waals surface area contributed by atoms with Crippen molar-refractivity contribution in [1.29, 1.82) is 0 Å². The molecular weight excluding hydrogens is 316 g/mol. The van der Waals surface area contributed by atoms with Crippen molar-refractivity contribution < 1.29 is 9.84 Å². The van der Waals surface area contributed by atoms with Gasteiger partial charge in [0.05, 0.1) is 17.7 Å². The maximum absolute atomic E-state index is 9.87. The van der Waals surface area contributed by atoms with Crippen molar-refractivity contribution in [3.05, 3.63) is 61.2 Å². The molecule has 0 radical (unpaired) electrons.